The Morgan fingerprint density at radius 2 is 1.92 bits per heavy atom. The SMILES string of the molecule is O=S(=O)(c1ccc(NCC2(N3CCOCC3)CCSC2)cc1)C(F)F. The van der Waals surface area contributed by atoms with E-state index in [1.54, 1.807) is 12.1 Å². The Labute approximate surface area is 151 Å². The predicted octanol–water partition coefficient (Wildman–Crippen LogP) is 2.30. The molecule has 25 heavy (non-hydrogen) atoms. The molecule has 1 unspecified atom stereocenters. The standard InChI is InChI=1S/C16H22F2N2O3S2/c17-15(18)25(21,22)14-3-1-13(2-4-14)19-11-16(5-10-24-12-16)20-6-8-23-9-7-20/h1-4,15,19H,5-12H2. The fourth-order valence-corrected chi connectivity index (χ4v) is 5.47. The molecule has 0 aliphatic carbocycles. The molecule has 140 valence electrons. The monoisotopic (exact) mass is 392 g/mol. The summed E-state index contributed by atoms with van der Waals surface area (Å²) in [6.45, 7) is 4.04. The summed E-state index contributed by atoms with van der Waals surface area (Å²) in [5.41, 5.74) is 0.792. The lowest BCUT2D eigenvalue weighted by Crippen LogP contribution is -2.57. The molecule has 3 rings (SSSR count). The van der Waals surface area contributed by atoms with E-state index in [2.05, 4.69) is 10.2 Å². The molecule has 2 aliphatic rings. The fraction of sp³-hybridized carbons (Fsp3) is 0.625. The molecule has 9 heteroatoms. The number of nitrogens with one attached hydrogen (secondary N) is 1. The lowest BCUT2D eigenvalue weighted by atomic mass is 9.95. The summed E-state index contributed by atoms with van der Waals surface area (Å²) < 4.78 is 53.6. The molecule has 0 spiro atoms. The van der Waals surface area contributed by atoms with E-state index in [1.165, 1.54) is 12.1 Å². The van der Waals surface area contributed by atoms with Crippen LogP contribution in [0.1, 0.15) is 6.42 Å². The molecule has 0 saturated carbocycles. The van der Waals surface area contributed by atoms with E-state index in [0.717, 1.165) is 56.5 Å². The van der Waals surface area contributed by atoms with Gasteiger partial charge in [-0.2, -0.15) is 20.5 Å². The largest absolute Gasteiger partial charge is 0.383 e. The molecule has 5 nitrogen and oxygen atoms in total. The highest BCUT2D eigenvalue weighted by Crippen LogP contribution is 2.34. The van der Waals surface area contributed by atoms with Gasteiger partial charge >= 0.3 is 5.76 Å². The van der Waals surface area contributed by atoms with Crippen LogP contribution in [0.25, 0.3) is 0 Å². The highest BCUT2D eigenvalue weighted by atomic mass is 32.2. The van der Waals surface area contributed by atoms with E-state index < -0.39 is 15.6 Å². The second-order valence-corrected chi connectivity index (χ2v) is 9.33. The summed E-state index contributed by atoms with van der Waals surface area (Å²) >= 11 is 1.93. The number of anilines is 1. The highest BCUT2D eigenvalue weighted by molar-refractivity contribution is 7.99. The van der Waals surface area contributed by atoms with Gasteiger partial charge in [-0.1, -0.05) is 0 Å². The summed E-state index contributed by atoms with van der Waals surface area (Å²) in [6.07, 6.45) is 1.09. The number of benzene rings is 1. The zero-order chi connectivity index (χ0) is 17.9. The summed E-state index contributed by atoms with van der Waals surface area (Å²) in [7, 11) is -4.54. The van der Waals surface area contributed by atoms with Gasteiger partial charge < -0.3 is 10.1 Å². The van der Waals surface area contributed by atoms with E-state index in [9.17, 15) is 17.2 Å². The molecule has 2 heterocycles. The van der Waals surface area contributed by atoms with Gasteiger partial charge in [-0.15, -0.1) is 0 Å². The predicted molar refractivity (Wildman–Crippen MR) is 95.2 cm³/mol. The number of sulfone groups is 1. The van der Waals surface area contributed by atoms with Gasteiger partial charge in [-0.05, 0) is 36.4 Å². The molecule has 0 amide bonds. The Morgan fingerprint density at radius 3 is 2.48 bits per heavy atom. The number of morpholine rings is 1. The summed E-state index contributed by atoms with van der Waals surface area (Å²) in [4.78, 5) is 2.12. The topological polar surface area (TPSA) is 58.6 Å². The fourth-order valence-electron chi connectivity index (χ4n) is 3.27. The lowest BCUT2D eigenvalue weighted by Gasteiger charge is -2.43. The molecule has 2 aliphatic heterocycles. The lowest BCUT2D eigenvalue weighted by molar-refractivity contribution is -0.00920. The maximum absolute atomic E-state index is 12.6. The van der Waals surface area contributed by atoms with Crippen LogP contribution in [0.2, 0.25) is 0 Å². The first-order valence-corrected chi connectivity index (χ1v) is 10.9. The van der Waals surface area contributed by atoms with Crippen molar-refractivity contribution in [1.29, 1.82) is 0 Å². The number of alkyl halides is 2. The van der Waals surface area contributed by atoms with Crippen LogP contribution in [-0.2, 0) is 14.6 Å². The third kappa shape index (κ3) is 4.10. The number of rotatable bonds is 6. The van der Waals surface area contributed by atoms with Crippen LogP contribution in [0.4, 0.5) is 14.5 Å². The first-order valence-electron chi connectivity index (χ1n) is 8.21. The average Bonchev–Trinajstić information content (AvgIpc) is 3.11. The van der Waals surface area contributed by atoms with Crippen molar-refractivity contribution in [1.82, 2.24) is 4.90 Å². The van der Waals surface area contributed by atoms with Crippen LogP contribution in [0.3, 0.4) is 0 Å². The minimum Gasteiger partial charge on any atom is -0.383 e. The van der Waals surface area contributed by atoms with Gasteiger partial charge in [-0.25, -0.2) is 8.42 Å². The Bertz CT molecular complexity index is 671. The molecular weight excluding hydrogens is 370 g/mol. The van der Waals surface area contributed by atoms with Crippen LogP contribution < -0.4 is 5.32 Å². The number of hydrogen-bond donors (Lipinski definition) is 1. The average molecular weight is 392 g/mol. The molecule has 1 aromatic rings. The van der Waals surface area contributed by atoms with Crippen LogP contribution in [0.5, 0.6) is 0 Å². The molecule has 0 bridgehead atoms. The third-order valence-electron chi connectivity index (χ3n) is 4.80. The van der Waals surface area contributed by atoms with E-state index in [4.69, 9.17) is 4.74 Å². The smallest absolute Gasteiger partial charge is 0.341 e. The first kappa shape index (κ1) is 18.9. The zero-order valence-electron chi connectivity index (χ0n) is 13.8. The van der Waals surface area contributed by atoms with Crippen molar-refractivity contribution in [2.45, 2.75) is 22.6 Å². The summed E-state index contributed by atoms with van der Waals surface area (Å²) in [5, 5.41) is 3.35. The van der Waals surface area contributed by atoms with Gasteiger partial charge in [0.15, 0.2) is 0 Å². The van der Waals surface area contributed by atoms with E-state index >= 15 is 0 Å². The maximum atomic E-state index is 12.6. The third-order valence-corrected chi connectivity index (χ3v) is 7.44. The Balaban J connectivity index is 1.67. The molecule has 0 radical (unpaired) electrons. The molecule has 2 saturated heterocycles. The minimum absolute atomic E-state index is 0.0577. The van der Waals surface area contributed by atoms with Crippen molar-refractivity contribution in [3.63, 3.8) is 0 Å². The minimum atomic E-state index is -4.54. The molecule has 1 atom stereocenters. The van der Waals surface area contributed by atoms with Gasteiger partial charge in [0.1, 0.15) is 0 Å². The van der Waals surface area contributed by atoms with Gasteiger partial charge in [0, 0.05) is 36.6 Å². The van der Waals surface area contributed by atoms with E-state index in [0.29, 0.717) is 0 Å². The van der Waals surface area contributed by atoms with Crippen molar-refractivity contribution in [3.05, 3.63) is 24.3 Å². The highest BCUT2D eigenvalue weighted by Gasteiger charge is 2.40. The van der Waals surface area contributed by atoms with Crippen molar-refractivity contribution < 1.29 is 21.9 Å². The van der Waals surface area contributed by atoms with Gasteiger partial charge in [-0.3, -0.25) is 4.90 Å². The number of thioether (sulfide) groups is 1. The molecule has 2 fully saturated rings. The van der Waals surface area contributed by atoms with Crippen molar-refractivity contribution in [2.24, 2.45) is 0 Å². The second-order valence-electron chi connectivity index (χ2n) is 6.31. The molecule has 0 aromatic heterocycles. The maximum Gasteiger partial charge on any atom is 0.341 e. The van der Waals surface area contributed by atoms with Crippen molar-refractivity contribution in [2.75, 3.05) is 49.7 Å². The Morgan fingerprint density at radius 1 is 1.24 bits per heavy atom. The van der Waals surface area contributed by atoms with E-state index in [-0.39, 0.29) is 10.4 Å². The van der Waals surface area contributed by atoms with Crippen molar-refractivity contribution >= 4 is 27.3 Å². The molecule has 1 aromatic carbocycles. The quantitative estimate of drug-likeness (QED) is 0.802. The van der Waals surface area contributed by atoms with Crippen LogP contribution in [0, 0.1) is 0 Å². The zero-order valence-corrected chi connectivity index (χ0v) is 15.4. The Hall–Kier alpha value is -0.900. The van der Waals surface area contributed by atoms with Crippen LogP contribution in [-0.4, -0.2) is 69.0 Å². The van der Waals surface area contributed by atoms with Gasteiger partial charge in [0.25, 0.3) is 0 Å². The van der Waals surface area contributed by atoms with E-state index in [1.807, 2.05) is 11.8 Å². The second kappa shape index (κ2) is 7.77. The van der Waals surface area contributed by atoms with Crippen LogP contribution >= 0.6 is 11.8 Å². The first-order chi connectivity index (χ1) is 11.9. The Kier molecular flexibility index (Phi) is 5.87. The number of halogens is 2. The molecular formula is C16H22F2N2O3S2. The summed E-state index contributed by atoms with van der Waals surface area (Å²) in [5.74, 6) is -1.24. The number of nitrogens with zero attached hydrogens (tertiary/aromatic N) is 1. The van der Waals surface area contributed by atoms with Crippen molar-refractivity contribution in [3.8, 4) is 0 Å². The summed E-state index contributed by atoms with van der Waals surface area (Å²) in [6, 6.07) is 5.55. The van der Waals surface area contributed by atoms with Crippen LogP contribution in [0.15, 0.2) is 29.2 Å². The number of ether oxygens (including phenoxy) is 1. The normalized spacial score (nSPS) is 25.4. The van der Waals surface area contributed by atoms with Gasteiger partial charge in [0.05, 0.1) is 18.1 Å². The number of hydrogen-bond acceptors (Lipinski definition) is 6. The van der Waals surface area contributed by atoms with Gasteiger partial charge in [0.2, 0.25) is 9.84 Å². The molecule has 1 N–H and O–H groups in total.